The zero-order valence-electron chi connectivity index (χ0n) is 11.2. The molecule has 4 N–H and O–H groups in total. The van der Waals surface area contributed by atoms with Crippen molar-refractivity contribution < 1.29 is 28.1 Å². The highest BCUT2D eigenvalue weighted by Gasteiger charge is 2.44. The Bertz CT molecular complexity index is 469. The largest absolute Gasteiger partial charge is 0.477 e. The molecule has 1 fully saturated rings. The second kappa shape index (κ2) is 5.78. The van der Waals surface area contributed by atoms with Crippen LogP contribution in [-0.2, 0) is 6.18 Å². The molecule has 2 rings (SSSR count). The van der Waals surface area contributed by atoms with Gasteiger partial charge in [-0.2, -0.15) is 13.2 Å². The van der Waals surface area contributed by atoms with Crippen LogP contribution in [0.25, 0.3) is 0 Å². The Morgan fingerprint density at radius 1 is 1.29 bits per heavy atom. The van der Waals surface area contributed by atoms with E-state index in [9.17, 15) is 23.4 Å². The molecule has 0 saturated heterocycles. The van der Waals surface area contributed by atoms with Gasteiger partial charge in [0.05, 0.1) is 24.4 Å². The molecule has 1 aliphatic rings. The van der Waals surface area contributed by atoms with Crippen LogP contribution in [0.3, 0.4) is 0 Å². The molecule has 0 amide bonds. The van der Waals surface area contributed by atoms with Gasteiger partial charge in [-0.15, -0.1) is 0 Å². The van der Waals surface area contributed by atoms with Crippen LogP contribution < -0.4 is 10.5 Å². The van der Waals surface area contributed by atoms with Crippen LogP contribution in [0.4, 0.5) is 13.2 Å². The first-order valence-electron chi connectivity index (χ1n) is 6.48. The lowest BCUT2D eigenvalue weighted by atomic mass is 9.87. The molecule has 0 aliphatic heterocycles. The molecule has 1 unspecified atom stereocenters. The van der Waals surface area contributed by atoms with Gasteiger partial charge in [0, 0.05) is 24.2 Å². The van der Waals surface area contributed by atoms with Gasteiger partial charge >= 0.3 is 6.18 Å². The number of hydrogen-bond acceptors (Lipinski definition) is 5. The smallest absolute Gasteiger partial charge is 0.417 e. The molecule has 0 aromatic carbocycles. The minimum Gasteiger partial charge on any atom is -0.477 e. The number of aliphatic hydroxyl groups is 2. The molecule has 3 atom stereocenters. The van der Waals surface area contributed by atoms with Crippen LogP contribution in [0.15, 0.2) is 18.3 Å². The van der Waals surface area contributed by atoms with Crippen molar-refractivity contribution in [1.29, 1.82) is 0 Å². The maximum absolute atomic E-state index is 12.4. The van der Waals surface area contributed by atoms with Gasteiger partial charge in [-0.05, 0) is 18.9 Å². The first-order chi connectivity index (χ1) is 9.76. The van der Waals surface area contributed by atoms with Crippen LogP contribution in [0.2, 0.25) is 0 Å². The van der Waals surface area contributed by atoms with Gasteiger partial charge in [-0.25, -0.2) is 4.98 Å². The fourth-order valence-corrected chi connectivity index (χ4v) is 2.45. The summed E-state index contributed by atoms with van der Waals surface area (Å²) in [6.07, 6.45) is -4.90. The van der Waals surface area contributed by atoms with E-state index in [1.807, 2.05) is 0 Å². The van der Waals surface area contributed by atoms with E-state index in [1.54, 1.807) is 0 Å². The highest BCUT2D eigenvalue weighted by atomic mass is 19.4. The highest BCUT2D eigenvalue weighted by molar-refractivity contribution is 5.20. The van der Waals surface area contributed by atoms with E-state index in [2.05, 4.69) is 4.98 Å². The van der Waals surface area contributed by atoms with Crippen LogP contribution in [0.5, 0.6) is 5.88 Å². The molecule has 1 aliphatic carbocycles. The number of aromatic nitrogens is 1. The van der Waals surface area contributed by atoms with Crippen LogP contribution in [0.1, 0.15) is 18.4 Å². The normalized spacial score (nSPS) is 29.6. The maximum atomic E-state index is 12.4. The Kier molecular flexibility index (Phi) is 4.40. The number of alkyl halides is 3. The van der Waals surface area contributed by atoms with E-state index < -0.39 is 29.4 Å². The van der Waals surface area contributed by atoms with E-state index >= 15 is 0 Å². The summed E-state index contributed by atoms with van der Waals surface area (Å²) < 4.78 is 42.6. The lowest BCUT2D eigenvalue weighted by Gasteiger charge is -2.26. The topological polar surface area (TPSA) is 88.6 Å². The Morgan fingerprint density at radius 2 is 1.90 bits per heavy atom. The summed E-state index contributed by atoms with van der Waals surface area (Å²) in [5.74, 6) is 0.0479. The third kappa shape index (κ3) is 3.63. The van der Waals surface area contributed by atoms with Crippen molar-refractivity contribution in [2.45, 2.75) is 31.2 Å². The second-order valence-corrected chi connectivity index (χ2v) is 5.42. The van der Waals surface area contributed by atoms with Gasteiger partial charge in [-0.3, -0.25) is 0 Å². The Hall–Kier alpha value is -1.38. The molecule has 1 heterocycles. The zero-order valence-corrected chi connectivity index (χ0v) is 11.2. The van der Waals surface area contributed by atoms with Gasteiger partial charge in [0.2, 0.25) is 5.88 Å². The van der Waals surface area contributed by atoms with Crippen LogP contribution >= 0.6 is 0 Å². The number of hydrogen-bond donors (Lipinski definition) is 3. The summed E-state index contributed by atoms with van der Waals surface area (Å²) in [4.78, 5) is 3.60. The predicted molar refractivity (Wildman–Crippen MR) is 67.5 cm³/mol. The Labute approximate surface area is 119 Å². The van der Waals surface area contributed by atoms with Crippen molar-refractivity contribution in [3.8, 4) is 5.88 Å². The fourth-order valence-electron chi connectivity index (χ4n) is 2.45. The molecule has 0 bridgehead atoms. The fraction of sp³-hybridized carbons (Fsp3) is 0.615. The number of halogens is 3. The quantitative estimate of drug-likeness (QED) is 0.770. The van der Waals surface area contributed by atoms with Crippen LogP contribution in [-0.4, -0.2) is 40.6 Å². The summed E-state index contributed by atoms with van der Waals surface area (Å²) in [6, 6.07) is 2.02. The van der Waals surface area contributed by atoms with Gasteiger partial charge in [-0.1, -0.05) is 0 Å². The molecule has 118 valence electrons. The zero-order chi connectivity index (χ0) is 15.7. The first kappa shape index (κ1) is 16.0. The minimum atomic E-state index is -4.44. The predicted octanol–water partition coefficient (Wildman–Crippen LogP) is 0.940. The van der Waals surface area contributed by atoms with E-state index in [0.717, 1.165) is 12.1 Å². The summed E-state index contributed by atoms with van der Waals surface area (Å²) in [7, 11) is 0. The van der Waals surface area contributed by atoms with E-state index in [1.165, 1.54) is 0 Å². The summed E-state index contributed by atoms with van der Waals surface area (Å²) in [5, 5.41) is 19.2. The molecule has 1 aromatic rings. The van der Waals surface area contributed by atoms with Gasteiger partial charge in [0.1, 0.15) is 0 Å². The van der Waals surface area contributed by atoms with Crippen molar-refractivity contribution >= 4 is 0 Å². The molecule has 8 heteroatoms. The number of pyridine rings is 1. The van der Waals surface area contributed by atoms with Gasteiger partial charge < -0.3 is 20.7 Å². The van der Waals surface area contributed by atoms with Crippen molar-refractivity contribution in [2.75, 3.05) is 13.2 Å². The number of aliphatic hydroxyl groups excluding tert-OH is 2. The molecular formula is C13H17F3N2O3. The average molecular weight is 306 g/mol. The Morgan fingerprint density at radius 3 is 2.33 bits per heavy atom. The molecular weight excluding hydrogens is 289 g/mol. The number of ether oxygens (including phenoxy) is 1. The van der Waals surface area contributed by atoms with Gasteiger partial charge in [0.15, 0.2) is 0 Å². The molecule has 1 aromatic heterocycles. The Balaban J connectivity index is 1.99. The summed E-state index contributed by atoms with van der Waals surface area (Å²) in [6.45, 7) is 0.276. The summed E-state index contributed by atoms with van der Waals surface area (Å²) >= 11 is 0. The maximum Gasteiger partial charge on any atom is 0.417 e. The average Bonchev–Trinajstić information content (AvgIpc) is 2.72. The van der Waals surface area contributed by atoms with Crippen molar-refractivity contribution in [3.63, 3.8) is 0 Å². The van der Waals surface area contributed by atoms with Crippen molar-refractivity contribution in [2.24, 2.45) is 11.1 Å². The number of rotatable bonds is 4. The van der Waals surface area contributed by atoms with Crippen LogP contribution in [0, 0.1) is 5.41 Å². The molecule has 0 radical (unpaired) electrons. The number of nitrogens with two attached hydrogens (primary N) is 1. The molecule has 5 nitrogen and oxygen atoms in total. The second-order valence-electron chi connectivity index (χ2n) is 5.42. The number of nitrogens with zero attached hydrogens (tertiary/aromatic N) is 1. The molecule has 0 spiro atoms. The monoisotopic (exact) mass is 306 g/mol. The lowest BCUT2D eigenvalue weighted by Crippen LogP contribution is -2.35. The minimum absolute atomic E-state index is 0.0479. The molecule has 1 saturated carbocycles. The third-order valence-electron chi connectivity index (χ3n) is 3.75. The van der Waals surface area contributed by atoms with E-state index in [0.29, 0.717) is 6.20 Å². The summed E-state index contributed by atoms with van der Waals surface area (Å²) in [5.41, 5.74) is 4.22. The highest BCUT2D eigenvalue weighted by Crippen LogP contribution is 2.38. The first-order valence-corrected chi connectivity index (χ1v) is 6.48. The SMILES string of the molecule is NCC1(COc2ccc(C(F)(F)F)cn2)C[C@@H](O)[C@@H](O)C1. The van der Waals surface area contributed by atoms with Gasteiger partial charge in [0.25, 0.3) is 0 Å². The van der Waals surface area contributed by atoms with E-state index in [4.69, 9.17) is 10.5 Å². The third-order valence-corrected chi connectivity index (χ3v) is 3.75. The lowest BCUT2D eigenvalue weighted by molar-refractivity contribution is -0.137. The van der Waals surface area contributed by atoms with E-state index in [-0.39, 0.29) is 31.9 Å². The molecule has 21 heavy (non-hydrogen) atoms. The van der Waals surface area contributed by atoms with Crippen molar-refractivity contribution in [3.05, 3.63) is 23.9 Å². The van der Waals surface area contributed by atoms with Crippen molar-refractivity contribution in [1.82, 2.24) is 4.98 Å². The standard InChI is InChI=1S/C13H17F3N2O3/c14-13(15,16)8-1-2-11(18-5-8)21-7-12(6-17)3-9(19)10(20)4-12/h1-2,5,9-10,19-20H,3-4,6-7,17H2/t9-,10+,12?.